The molecule has 0 aliphatic carbocycles. The fourth-order valence-electron chi connectivity index (χ4n) is 4.50. The quantitative estimate of drug-likeness (QED) is 0.353. The number of pyridine rings is 1. The van der Waals surface area contributed by atoms with Crippen LogP contribution in [0.1, 0.15) is 64.5 Å². The molecule has 0 aromatic carbocycles. The van der Waals surface area contributed by atoms with E-state index in [4.69, 9.17) is 9.41 Å². The summed E-state index contributed by atoms with van der Waals surface area (Å²) in [7, 11) is -1.76. The molecule has 8 nitrogen and oxygen atoms in total. The molecule has 4 heterocycles. The highest BCUT2D eigenvalue weighted by atomic mass is 28.4. The molecule has 3 aromatic rings. The van der Waals surface area contributed by atoms with E-state index in [0.717, 1.165) is 60.8 Å². The lowest BCUT2D eigenvalue weighted by molar-refractivity contribution is 0.260. The molecular formula is C27H42N6O2Si. The summed E-state index contributed by atoms with van der Waals surface area (Å²) in [6.45, 7) is 16.1. The van der Waals surface area contributed by atoms with E-state index >= 15 is 0 Å². The summed E-state index contributed by atoms with van der Waals surface area (Å²) in [5.41, 5.74) is 3.03. The molecule has 0 amide bonds. The Balaban J connectivity index is 1.57. The van der Waals surface area contributed by atoms with Gasteiger partial charge in [0.05, 0.1) is 6.20 Å². The zero-order chi connectivity index (χ0) is 25.9. The Morgan fingerprint density at radius 2 is 2.00 bits per heavy atom. The summed E-state index contributed by atoms with van der Waals surface area (Å²) in [5, 5.41) is 17.9. The highest BCUT2D eigenvalue weighted by Gasteiger charge is 2.37. The Bertz CT molecular complexity index is 1160. The molecule has 0 radical (unpaired) electrons. The van der Waals surface area contributed by atoms with Crippen molar-refractivity contribution in [2.45, 2.75) is 90.5 Å². The lowest BCUT2D eigenvalue weighted by Crippen LogP contribution is -2.44. The van der Waals surface area contributed by atoms with Crippen LogP contribution in [0.2, 0.25) is 18.1 Å². The highest BCUT2D eigenvalue weighted by Crippen LogP contribution is 2.37. The van der Waals surface area contributed by atoms with Gasteiger partial charge < -0.3 is 19.7 Å². The second kappa shape index (κ2) is 10.8. The van der Waals surface area contributed by atoms with Gasteiger partial charge in [-0.3, -0.25) is 0 Å². The van der Waals surface area contributed by atoms with Crippen LogP contribution in [0, 0.1) is 0 Å². The molecule has 1 aliphatic heterocycles. The van der Waals surface area contributed by atoms with Crippen molar-refractivity contribution in [1.29, 1.82) is 0 Å². The fourth-order valence-corrected chi connectivity index (χ4v) is 5.56. The lowest BCUT2D eigenvalue weighted by Gasteiger charge is -2.39. The van der Waals surface area contributed by atoms with Crippen molar-refractivity contribution in [3.8, 4) is 5.88 Å². The van der Waals surface area contributed by atoms with Crippen molar-refractivity contribution < 1.29 is 9.53 Å². The molecule has 1 saturated heterocycles. The predicted molar refractivity (Wildman–Crippen MR) is 148 cm³/mol. The summed E-state index contributed by atoms with van der Waals surface area (Å²) in [4.78, 5) is 11.6. The van der Waals surface area contributed by atoms with Gasteiger partial charge in [0.15, 0.2) is 14.0 Å². The first-order valence-corrected chi connectivity index (χ1v) is 16.2. The number of nitrogens with one attached hydrogen (secondary N) is 1. The van der Waals surface area contributed by atoms with Gasteiger partial charge in [0.2, 0.25) is 5.88 Å². The summed E-state index contributed by atoms with van der Waals surface area (Å²) < 4.78 is 8.44. The maximum atomic E-state index is 9.50. The van der Waals surface area contributed by atoms with Gasteiger partial charge in [-0.1, -0.05) is 33.8 Å². The SMILES string of the molecule is CCc1cnn2c(NCc3ccc(O)nc3)cc(N3CCCC[C@H]3CCO[Si](C)(C)C(C)(C)C)nc12. The molecule has 1 atom stereocenters. The Morgan fingerprint density at radius 3 is 2.69 bits per heavy atom. The van der Waals surface area contributed by atoms with Crippen LogP contribution >= 0.6 is 0 Å². The van der Waals surface area contributed by atoms with Crippen LogP contribution in [0.4, 0.5) is 11.6 Å². The van der Waals surface area contributed by atoms with E-state index < -0.39 is 8.32 Å². The highest BCUT2D eigenvalue weighted by molar-refractivity contribution is 6.74. The van der Waals surface area contributed by atoms with Gasteiger partial charge >= 0.3 is 0 Å². The van der Waals surface area contributed by atoms with Crippen molar-refractivity contribution in [2.75, 3.05) is 23.4 Å². The third-order valence-electron chi connectivity index (χ3n) is 7.84. The first-order chi connectivity index (χ1) is 17.1. The average Bonchev–Trinajstić information content (AvgIpc) is 3.26. The van der Waals surface area contributed by atoms with Crippen LogP contribution in [0.25, 0.3) is 5.65 Å². The Labute approximate surface area is 216 Å². The normalized spacial score (nSPS) is 17.1. The fraction of sp³-hybridized carbons (Fsp3) is 0.593. The van der Waals surface area contributed by atoms with Crippen LogP contribution in [-0.4, -0.2) is 52.2 Å². The van der Waals surface area contributed by atoms with Gasteiger partial charge in [-0.2, -0.15) is 9.61 Å². The first-order valence-electron chi connectivity index (χ1n) is 13.2. The molecule has 3 aromatic heterocycles. The number of aryl methyl sites for hydroxylation is 1. The largest absolute Gasteiger partial charge is 0.493 e. The number of aromatic hydroxyl groups is 1. The van der Waals surface area contributed by atoms with E-state index in [2.05, 4.69) is 67.2 Å². The van der Waals surface area contributed by atoms with E-state index in [9.17, 15) is 5.11 Å². The molecule has 4 rings (SSSR count). The van der Waals surface area contributed by atoms with Crippen molar-refractivity contribution in [2.24, 2.45) is 0 Å². The van der Waals surface area contributed by atoms with E-state index in [1.54, 1.807) is 12.3 Å². The summed E-state index contributed by atoms with van der Waals surface area (Å²) in [5.74, 6) is 1.94. The Kier molecular flexibility index (Phi) is 7.90. The minimum absolute atomic E-state index is 0.0284. The molecule has 1 fully saturated rings. The van der Waals surface area contributed by atoms with Gasteiger partial charge in [0.1, 0.15) is 11.6 Å². The zero-order valence-electron chi connectivity index (χ0n) is 22.7. The van der Waals surface area contributed by atoms with Crippen molar-refractivity contribution in [3.63, 3.8) is 0 Å². The van der Waals surface area contributed by atoms with E-state index in [0.29, 0.717) is 12.6 Å². The second-order valence-corrected chi connectivity index (χ2v) is 16.2. The number of anilines is 2. The molecule has 9 heteroatoms. The van der Waals surface area contributed by atoms with Gasteiger partial charge in [-0.15, -0.1) is 0 Å². The standard InChI is InChI=1S/C27H42N6O2Si/c1-7-21-19-30-33-23(28-17-20-11-12-25(34)29-18-20)16-24(31-26(21)33)32-14-9-8-10-22(32)13-15-35-36(5,6)27(2,3)4/h11-12,16,18-19,22,28H,7-10,13-15,17H2,1-6H3,(H,29,34)/t22-/m0/s1. The number of aromatic nitrogens is 4. The van der Waals surface area contributed by atoms with Gasteiger partial charge in [-0.25, -0.2) is 9.97 Å². The van der Waals surface area contributed by atoms with Crippen molar-refractivity contribution in [1.82, 2.24) is 19.6 Å². The topological polar surface area (TPSA) is 87.8 Å². The van der Waals surface area contributed by atoms with Crippen LogP contribution in [0.5, 0.6) is 5.88 Å². The second-order valence-electron chi connectivity index (χ2n) is 11.4. The maximum absolute atomic E-state index is 9.50. The van der Waals surface area contributed by atoms with E-state index in [-0.39, 0.29) is 10.9 Å². The number of hydrogen-bond acceptors (Lipinski definition) is 7. The van der Waals surface area contributed by atoms with Crippen LogP contribution in [0.3, 0.4) is 0 Å². The predicted octanol–water partition coefficient (Wildman–Crippen LogP) is 5.78. The molecule has 1 aliphatic rings. The van der Waals surface area contributed by atoms with E-state index in [1.807, 2.05) is 16.8 Å². The maximum Gasteiger partial charge on any atom is 0.210 e. The van der Waals surface area contributed by atoms with Gasteiger partial charge in [-0.05, 0) is 55.8 Å². The minimum Gasteiger partial charge on any atom is -0.493 e. The van der Waals surface area contributed by atoms with E-state index in [1.165, 1.54) is 12.8 Å². The van der Waals surface area contributed by atoms with Crippen molar-refractivity contribution >= 4 is 25.6 Å². The first kappa shape index (κ1) is 26.4. The molecule has 2 N–H and O–H groups in total. The molecule has 0 unspecified atom stereocenters. The molecular weight excluding hydrogens is 468 g/mol. The van der Waals surface area contributed by atoms with Crippen LogP contribution < -0.4 is 10.2 Å². The average molecular weight is 511 g/mol. The monoisotopic (exact) mass is 510 g/mol. The third kappa shape index (κ3) is 5.83. The number of hydrogen-bond donors (Lipinski definition) is 2. The molecule has 0 bridgehead atoms. The zero-order valence-corrected chi connectivity index (χ0v) is 23.7. The number of piperidine rings is 1. The number of nitrogens with zero attached hydrogens (tertiary/aromatic N) is 5. The Morgan fingerprint density at radius 1 is 1.19 bits per heavy atom. The van der Waals surface area contributed by atoms with Crippen LogP contribution in [-0.2, 0) is 17.4 Å². The number of fused-ring (bicyclic) bond motifs is 1. The molecule has 0 spiro atoms. The van der Waals surface area contributed by atoms with Crippen LogP contribution in [0.15, 0.2) is 30.6 Å². The van der Waals surface area contributed by atoms with Gasteiger partial charge in [0, 0.05) is 49.6 Å². The summed E-state index contributed by atoms with van der Waals surface area (Å²) in [6, 6.07) is 6.02. The Hall–Kier alpha value is -2.65. The lowest BCUT2D eigenvalue weighted by atomic mass is 9.99. The summed E-state index contributed by atoms with van der Waals surface area (Å²) >= 11 is 0. The third-order valence-corrected chi connectivity index (χ3v) is 12.4. The van der Waals surface area contributed by atoms with Gasteiger partial charge in [0.25, 0.3) is 0 Å². The number of rotatable bonds is 9. The van der Waals surface area contributed by atoms with Crippen molar-refractivity contribution in [3.05, 3.63) is 41.7 Å². The minimum atomic E-state index is -1.76. The summed E-state index contributed by atoms with van der Waals surface area (Å²) in [6.07, 6.45) is 9.08. The molecule has 196 valence electrons. The molecule has 0 saturated carbocycles. The smallest absolute Gasteiger partial charge is 0.210 e. The molecule has 36 heavy (non-hydrogen) atoms.